The molecule has 0 aliphatic heterocycles. The number of hydrogen-bond acceptors (Lipinski definition) is 3. The molecule has 1 aliphatic rings. The number of sulfonamides is 1. The highest BCUT2D eigenvalue weighted by atomic mass is 35.5. The van der Waals surface area contributed by atoms with Crippen LogP contribution in [0.5, 0.6) is 0 Å². The number of anilines is 1. The zero-order valence-corrected chi connectivity index (χ0v) is 16.4. The summed E-state index contributed by atoms with van der Waals surface area (Å²) < 4.78 is 27.6. The zero-order chi connectivity index (χ0) is 18.9. The summed E-state index contributed by atoms with van der Waals surface area (Å²) in [6.07, 6.45) is 2.03. The molecule has 1 amide bonds. The molecule has 3 rings (SSSR count). The summed E-state index contributed by atoms with van der Waals surface area (Å²) in [4.78, 5) is 14.5. The highest BCUT2D eigenvalue weighted by molar-refractivity contribution is 7.92. The van der Waals surface area contributed by atoms with E-state index in [1.807, 2.05) is 11.8 Å². The minimum Gasteiger partial charge on any atom is -0.336 e. The largest absolute Gasteiger partial charge is 0.336 e. The van der Waals surface area contributed by atoms with E-state index in [1.165, 1.54) is 18.2 Å². The lowest BCUT2D eigenvalue weighted by atomic mass is 10.1. The van der Waals surface area contributed by atoms with Gasteiger partial charge in [0.05, 0.1) is 14.9 Å². The Balaban J connectivity index is 1.83. The summed E-state index contributed by atoms with van der Waals surface area (Å²) >= 11 is 11.7. The van der Waals surface area contributed by atoms with Crippen molar-refractivity contribution in [2.75, 3.05) is 11.3 Å². The van der Waals surface area contributed by atoms with Crippen LogP contribution in [0.3, 0.4) is 0 Å². The standard InChI is InChI=1S/C18H18Cl2N2O3S/c1-2-22(14-6-7-14)18(23)12-4-3-5-13(10-12)21-26(24,25)15-8-9-16(19)17(20)11-15/h3-5,8-11,14,21H,2,6-7H2,1H3. The number of carbonyl (C=O) groups excluding carboxylic acids is 1. The number of carbonyl (C=O) groups is 1. The van der Waals surface area contributed by atoms with E-state index in [0.717, 1.165) is 12.8 Å². The highest BCUT2D eigenvalue weighted by Crippen LogP contribution is 2.29. The van der Waals surface area contributed by atoms with E-state index in [2.05, 4.69) is 4.72 Å². The van der Waals surface area contributed by atoms with Crippen LogP contribution in [-0.2, 0) is 10.0 Å². The fraction of sp³-hybridized carbons (Fsp3) is 0.278. The van der Waals surface area contributed by atoms with Crippen molar-refractivity contribution < 1.29 is 13.2 Å². The van der Waals surface area contributed by atoms with Crippen LogP contribution in [0.4, 0.5) is 5.69 Å². The van der Waals surface area contributed by atoms with Gasteiger partial charge in [-0.2, -0.15) is 0 Å². The van der Waals surface area contributed by atoms with E-state index in [0.29, 0.717) is 23.8 Å². The molecule has 0 aromatic heterocycles. The average molecular weight is 413 g/mol. The second-order valence-electron chi connectivity index (χ2n) is 6.08. The number of nitrogens with zero attached hydrogens (tertiary/aromatic N) is 1. The van der Waals surface area contributed by atoms with Gasteiger partial charge < -0.3 is 4.90 Å². The third kappa shape index (κ3) is 4.14. The molecule has 2 aromatic rings. The van der Waals surface area contributed by atoms with Gasteiger partial charge in [0.25, 0.3) is 15.9 Å². The van der Waals surface area contributed by atoms with Crippen molar-refractivity contribution in [3.8, 4) is 0 Å². The molecule has 1 fully saturated rings. The van der Waals surface area contributed by atoms with Crippen LogP contribution in [0, 0.1) is 0 Å². The van der Waals surface area contributed by atoms with Gasteiger partial charge in [0.1, 0.15) is 0 Å². The van der Waals surface area contributed by atoms with E-state index < -0.39 is 10.0 Å². The molecule has 2 aromatic carbocycles. The van der Waals surface area contributed by atoms with Gasteiger partial charge in [-0.3, -0.25) is 9.52 Å². The SMILES string of the molecule is CCN(C(=O)c1cccc(NS(=O)(=O)c2ccc(Cl)c(Cl)c2)c1)C1CC1. The molecule has 1 saturated carbocycles. The van der Waals surface area contributed by atoms with Crippen molar-refractivity contribution >= 4 is 44.8 Å². The fourth-order valence-corrected chi connectivity index (χ4v) is 4.13. The van der Waals surface area contributed by atoms with E-state index >= 15 is 0 Å². The lowest BCUT2D eigenvalue weighted by molar-refractivity contribution is 0.0752. The van der Waals surface area contributed by atoms with Crippen LogP contribution in [-0.4, -0.2) is 31.8 Å². The minimum atomic E-state index is -3.84. The average Bonchev–Trinajstić information content (AvgIpc) is 3.42. The molecule has 0 saturated heterocycles. The van der Waals surface area contributed by atoms with Crippen molar-refractivity contribution in [2.45, 2.75) is 30.7 Å². The normalized spacial score (nSPS) is 14.1. The second kappa shape index (κ2) is 7.47. The number of halogens is 2. The molecular weight excluding hydrogens is 395 g/mol. The van der Waals surface area contributed by atoms with Crippen LogP contribution in [0.1, 0.15) is 30.1 Å². The Morgan fingerprint density at radius 3 is 2.50 bits per heavy atom. The molecule has 0 heterocycles. The van der Waals surface area contributed by atoms with Crippen molar-refractivity contribution in [3.63, 3.8) is 0 Å². The number of rotatable bonds is 6. The Kier molecular flexibility index (Phi) is 5.46. The van der Waals surface area contributed by atoms with E-state index in [-0.39, 0.29) is 20.8 Å². The number of nitrogens with one attached hydrogen (secondary N) is 1. The van der Waals surface area contributed by atoms with Crippen molar-refractivity contribution in [2.24, 2.45) is 0 Å². The van der Waals surface area contributed by atoms with Gasteiger partial charge >= 0.3 is 0 Å². The Bertz CT molecular complexity index is 943. The number of hydrogen-bond donors (Lipinski definition) is 1. The molecule has 0 bridgehead atoms. The lowest BCUT2D eigenvalue weighted by Gasteiger charge is -2.20. The quantitative estimate of drug-likeness (QED) is 0.763. The summed E-state index contributed by atoms with van der Waals surface area (Å²) in [5, 5.41) is 0.430. The van der Waals surface area contributed by atoms with Crippen LogP contribution in [0.2, 0.25) is 10.0 Å². The van der Waals surface area contributed by atoms with Crippen LogP contribution in [0.25, 0.3) is 0 Å². The molecule has 1 aliphatic carbocycles. The molecule has 138 valence electrons. The van der Waals surface area contributed by atoms with Gasteiger partial charge in [-0.25, -0.2) is 8.42 Å². The first kappa shape index (κ1) is 19.0. The Hall–Kier alpha value is -1.76. The molecule has 5 nitrogen and oxygen atoms in total. The van der Waals surface area contributed by atoms with Crippen LogP contribution < -0.4 is 4.72 Å². The minimum absolute atomic E-state index is 0.00297. The van der Waals surface area contributed by atoms with Crippen molar-refractivity contribution in [1.29, 1.82) is 0 Å². The predicted octanol–water partition coefficient (Wildman–Crippen LogP) is 4.42. The molecule has 8 heteroatoms. The van der Waals surface area contributed by atoms with E-state index in [1.54, 1.807) is 24.3 Å². The van der Waals surface area contributed by atoms with Gasteiger partial charge in [0.15, 0.2) is 0 Å². The van der Waals surface area contributed by atoms with Crippen LogP contribution in [0.15, 0.2) is 47.4 Å². The van der Waals surface area contributed by atoms with Gasteiger partial charge in [0, 0.05) is 23.8 Å². The maximum Gasteiger partial charge on any atom is 0.261 e. The number of benzene rings is 2. The summed E-state index contributed by atoms with van der Waals surface area (Å²) in [5.41, 5.74) is 0.766. The first-order chi connectivity index (χ1) is 12.3. The molecule has 0 unspecified atom stereocenters. The summed E-state index contributed by atoms with van der Waals surface area (Å²) in [5.74, 6) is -0.0921. The first-order valence-electron chi connectivity index (χ1n) is 8.20. The first-order valence-corrected chi connectivity index (χ1v) is 10.4. The molecule has 1 N–H and O–H groups in total. The third-order valence-corrected chi connectivity index (χ3v) is 6.27. The summed E-state index contributed by atoms with van der Waals surface area (Å²) in [7, 11) is -3.84. The molecule has 26 heavy (non-hydrogen) atoms. The van der Waals surface area contributed by atoms with Crippen molar-refractivity contribution in [3.05, 3.63) is 58.1 Å². The van der Waals surface area contributed by atoms with Gasteiger partial charge in [0.2, 0.25) is 0 Å². The third-order valence-electron chi connectivity index (χ3n) is 4.15. The predicted molar refractivity (Wildman–Crippen MR) is 103 cm³/mol. The number of amides is 1. The van der Waals surface area contributed by atoms with E-state index in [4.69, 9.17) is 23.2 Å². The Morgan fingerprint density at radius 2 is 1.88 bits per heavy atom. The fourth-order valence-electron chi connectivity index (χ4n) is 2.69. The second-order valence-corrected chi connectivity index (χ2v) is 8.58. The molecular formula is C18H18Cl2N2O3S. The summed E-state index contributed by atoms with van der Waals surface area (Å²) in [6, 6.07) is 10.9. The summed E-state index contributed by atoms with van der Waals surface area (Å²) in [6.45, 7) is 2.57. The molecule has 0 radical (unpaired) electrons. The maximum absolute atomic E-state index is 12.6. The smallest absolute Gasteiger partial charge is 0.261 e. The van der Waals surface area contributed by atoms with Gasteiger partial charge in [-0.15, -0.1) is 0 Å². The van der Waals surface area contributed by atoms with E-state index in [9.17, 15) is 13.2 Å². The topological polar surface area (TPSA) is 66.5 Å². The lowest BCUT2D eigenvalue weighted by Crippen LogP contribution is -2.32. The Morgan fingerprint density at radius 1 is 1.15 bits per heavy atom. The van der Waals surface area contributed by atoms with Crippen molar-refractivity contribution in [1.82, 2.24) is 4.90 Å². The maximum atomic E-state index is 12.6. The Labute approximate surface area is 163 Å². The van der Waals surface area contributed by atoms with Gasteiger partial charge in [-0.1, -0.05) is 29.3 Å². The molecule has 0 spiro atoms. The molecule has 0 atom stereocenters. The zero-order valence-electron chi connectivity index (χ0n) is 14.1. The monoisotopic (exact) mass is 412 g/mol. The van der Waals surface area contributed by atoms with Gasteiger partial charge in [-0.05, 0) is 56.2 Å². The highest BCUT2D eigenvalue weighted by Gasteiger charge is 2.32. The van der Waals surface area contributed by atoms with Crippen LogP contribution >= 0.6 is 23.2 Å².